The molecule has 2 amide bonds. The van der Waals surface area contributed by atoms with E-state index in [9.17, 15) is 9.59 Å². The van der Waals surface area contributed by atoms with Crippen molar-refractivity contribution >= 4 is 51.9 Å². The van der Waals surface area contributed by atoms with E-state index < -0.39 is 0 Å². The fourth-order valence-corrected chi connectivity index (χ4v) is 4.86. The molecule has 4 rings (SSSR count). The lowest BCUT2D eigenvalue weighted by Crippen LogP contribution is -2.39. The second-order valence-electron chi connectivity index (χ2n) is 8.13. The largest absolute Gasteiger partial charge is 0.484 e. The van der Waals surface area contributed by atoms with Gasteiger partial charge in [0.15, 0.2) is 10.9 Å². The Balaban J connectivity index is 1.43. The highest BCUT2D eigenvalue weighted by molar-refractivity contribution is 8.27. The van der Waals surface area contributed by atoms with E-state index in [1.165, 1.54) is 22.3 Å². The maximum atomic E-state index is 13.1. The van der Waals surface area contributed by atoms with E-state index in [2.05, 4.69) is 5.32 Å². The van der Waals surface area contributed by atoms with Crippen molar-refractivity contribution < 1.29 is 14.3 Å². The summed E-state index contributed by atoms with van der Waals surface area (Å²) in [6.45, 7) is 7.78. The van der Waals surface area contributed by atoms with Crippen LogP contribution in [0.15, 0.2) is 59.5 Å². The van der Waals surface area contributed by atoms with E-state index in [1.807, 2.05) is 74.8 Å². The van der Waals surface area contributed by atoms with Crippen LogP contribution in [0.25, 0.3) is 6.08 Å². The average Bonchev–Trinajstić information content (AvgIpc) is 3.26. The van der Waals surface area contributed by atoms with Crippen LogP contribution in [-0.2, 0) is 9.59 Å². The third-order valence-corrected chi connectivity index (χ3v) is 6.81. The molecule has 174 valence electrons. The molecule has 0 atom stereocenters. The standard InChI is InChI=1S/C26H25N3O3S2/c1-16-8-11-21(12-17(16)2)27-24(30)15-32-22-7-5-6-20(13-22)14-23-25(31)29(26(33)34-23)28-18(3)9-10-19(28)4/h5-14H,15H2,1-4H3,(H,27,30). The zero-order valence-corrected chi connectivity index (χ0v) is 21.0. The molecule has 0 spiro atoms. The lowest BCUT2D eigenvalue weighted by Gasteiger charge is -2.20. The van der Waals surface area contributed by atoms with Gasteiger partial charge >= 0.3 is 0 Å². The van der Waals surface area contributed by atoms with Crippen molar-refractivity contribution in [3.63, 3.8) is 0 Å². The molecule has 0 unspecified atom stereocenters. The zero-order chi connectivity index (χ0) is 24.4. The summed E-state index contributed by atoms with van der Waals surface area (Å²) < 4.78 is 7.99. The molecule has 8 heteroatoms. The molecule has 1 fully saturated rings. The summed E-state index contributed by atoms with van der Waals surface area (Å²) in [5.74, 6) is 0.125. The molecule has 1 aromatic heterocycles. The van der Waals surface area contributed by atoms with Crippen LogP contribution in [0.2, 0.25) is 0 Å². The van der Waals surface area contributed by atoms with E-state index in [0.29, 0.717) is 15.0 Å². The molecule has 1 saturated heterocycles. The number of carbonyl (C=O) groups excluding carboxylic acids is 2. The first-order valence-corrected chi connectivity index (χ1v) is 12.0. The van der Waals surface area contributed by atoms with Gasteiger partial charge in [-0.2, -0.15) is 5.01 Å². The summed E-state index contributed by atoms with van der Waals surface area (Å²) in [6.07, 6.45) is 1.79. The smallest absolute Gasteiger partial charge is 0.285 e. The summed E-state index contributed by atoms with van der Waals surface area (Å²) in [4.78, 5) is 25.9. The number of thioether (sulfide) groups is 1. The van der Waals surface area contributed by atoms with E-state index in [1.54, 1.807) is 18.2 Å². The molecular weight excluding hydrogens is 466 g/mol. The van der Waals surface area contributed by atoms with Gasteiger partial charge in [-0.3, -0.25) is 14.3 Å². The molecule has 0 radical (unpaired) electrons. The number of ether oxygens (including phenoxy) is 1. The van der Waals surface area contributed by atoms with Gasteiger partial charge < -0.3 is 10.1 Å². The van der Waals surface area contributed by atoms with Crippen LogP contribution in [-0.4, -0.2) is 27.4 Å². The van der Waals surface area contributed by atoms with E-state index >= 15 is 0 Å². The zero-order valence-electron chi connectivity index (χ0n) is 19.4. The lowest BCUT2D eigenvalue weighted by molar-refractivity contribution is -0.118. The number of rotatable bonds is 6. The van der Waals surface area contributed by atoms with Crippen molar-refractivity contribution in [3.05, 3.63) is 87.6 Å². The number of anilines is 1. The molecule has 1 aliphatic rings. The Bertz CT molecular complexity index is 1310. The minimum atomic E-state index is -0.244. The molecule has 1 N–H and O–H groups in total. The first kappa shape index (κ1) is 23.8. The van der Waals surface area contributed by atoms with Crippen LogP contribution >= 0.6 is 24.0 Å². The van der Waals surface area contributed by atoms with Crippen molar-refractivity contribution in [1.82, 2.24) is 4.68 Å². The number of nitrogens with one attached hydrogen (secondary N) is 1. The van der Waals surface area contributed by atoms with Gasteiger partial charge in [-0.05, 0) is 99.1 Å². The summed E-state index contributed by atoms with van der Waals surface area (Å²) in [7, 11) is 0. The number of nitrogens with zero attached hydrogens (tertiary/aromatic N) is 2. The molecule has 2 aromatic carbocycles. The van der Waals surface area contributed by atoms with Crippen LogP contribution in [0.3, 0.4) is 0 Å². The van der Waals surface area contributed by atoms with Crippen LogP contribution in [0.5, 0.6) is 5.75 Å². The second-order valence-corrected chi connectivity index (χ2v) is 9.81. The van der Waals surface area contributed by atoms with Gasteiger partial charge in [-0.1, -0.05) is 30.0 Å². The average molecular weight is 492 g/mol. The van der Waals surface area contributed by atoms with E-state index in [4.69, 9.17) is 17.0 Å². The van der Waals surface area contributed by atoms with Gasteiger partial charge in [-0.15, -0.1) is 0 Å². The molecule has 34 heavy (non-hydrogen) atoms. The van der Waals surface area contributed by atoms with Crippen LogP contribution < -0.4 is 15.1 Å². The highest BCUT2D eigenvalue weighted by atomic mass is 32.2. The number of aryl methyl sites for hydroxylation is 4. The molecule has 1 aliphatic heterocycles. The Morgan fingerprint density at radius 2 is 1.76 bits per heavy atom. The van der Waals surface area contributed by atoms with Gasteiger partial charge in [0.1, 0.15) is 5.75 Å². The van der Waals surface area contributed by atoms with Gasteiger partial charge in [0.05, 0.1) is 4.91 Å². The van der Waals surface area contributed by atoms with Crippen molar-refractivity contribution in [1.29, 1.82) is 0 Å². The van der Waals surface area contributed by atoms with Gasteiger partial charge in [0, 0.05) is 17.1 Å². The number of thiocarbonyl (C=S) groups is 1. The maximum absolute atomic E-state index is 13.1. The highest BCUT2D eigenvalue weighted by Gasteiger charge is 2.34. The Morgan fingerprint density at radius 1 is 1.03 bits per heavy atom. The molecular formula is C26H25N3O3S2. The van der Waals surface area contributed by atoms with Crippen LogP contribution in [0.1, 0.15) is 28.1 Å². The van der Waals surface area contributed by atoms with E-state index in [0.717, 1.165) is 28.2 Å². The van der Waals surface area contributed by atoms with Gasteiger partial charge in [-0.25, -0.2) is 0 Å². The number of aromatic nitrogens is 1. The monoisotopic (exact) mass is 491 g/mol. The third kappa shape index (κ3) is 5.08. The van der Waals surface area contributed by atoms with Crippen LogP contribution in [0.4, 0.5) is 5.69 Å². The van der Waals surface area contributed by atoms with Crippen molar-refractivity contribution in [2.45, 2.75) is 27.7 Å². The Labute approximate surface area is 208 Å². The van der Waals surface area contributed by atoms with Gasteiger partial charge in [0.2, 0.25) is 0 Å². The quantitative estimate of drug-likeness (QED) is 0.376. The fraction of sp³-hybridized carbons (Fsp3) is 0.192. The summed E-state index contributed by atoms with van der Waals surface area (Å²) in [5.41, 5.74) is 5.67. The third-order valence-electron chi connectivity index (χ3n) is 5.52. The highest BCUT2D eigenvalue weighted by Crippen LogP contribution is 2.33. The molecule has 2 heterocycles. The lowest BCUT2D eigenvalue weighted by atomic mass is 10.1. The minimum absolute atomic E-state index is 0.120. The normalized spacial score (nSPS) is 14.7. The van der Waals surface area contributed by atoms with Crippen molar-refractivity contribution in [2.24, 2.45) is 0 Å². The number of hydrogen-bond acceptors (Lipinski definition) is 5. The maximum Gasteiger partial charge on any atom is 0.285 e. The minimum Gasteiger partial charge on any atom is -0.484 e. The first-order valence-electron chi connectivity index (χ1n) is 10.8. The van der Waals surface area contributed by atoms with Gasteiger partial charge in [0.25, 0.3) is 11.8 Å². The summed E-state index contributed by atoms with van der Waals surface area (Å²) >= 11 is 6.74. The molecule has 0 aliphatic carbocycles. The summed E-state index contributed by atoms with van der Waals surface area (Å²) in [5, 5.41) is 4.37. The number of hydrogen-bond donors (Lipinski definition) is 1. The Hall–Kier alpha value is -3.36. The Morgan fingerprint density at radius 3 is 2.47 bits per heavy atom. The molecule has 0 bridgehead atoms. The van der Waals surface area contributed by atoms with Crippen molar-refractivity contribution in [3.8, 4) is 5.75 Å². The molecule has 3 aromatic rings. The Kier molecular flexibility index (Phi) is 6.90. The number of benzene rings is 2. The number of amides is 2. The number of carbonyl (C=O) groups is 2. The predicted molar refractivity (Wildman–Crippen MR) is 142 cm³/mol. The molecule has 6 nitrogen and oxygen atoms in total. The predicted octanol–water partition coefficient (Wildman–Crippen LogP) is 5.28. The first-order chi connectivity index (χ1) is 16.2. The van der Waals surface area contributed by atoms with Crippen LogP contribution in [0, 0.1) is 27.7 Å². The second kappa shape index (κ2) is 9.87. The summed E-state index contributed by atoms with van der Waals surface area (Å²) in [6, 6.07) is 16.9. The van der Waals surface area contributed by atoms with E-state index in [-0.39, 0.29) is 18.4 Å². The van der Waals surface area contributed by atoms with Crippen molar-refractivity contribution in [2.75, 3.05) is 16.9 Å². The topological polar surface area (TPSA) is 63.6 Å². The fourth-order valence-electron chi connectivity index (χ4n) is 3.62. The molecule has 0 saturated carbocycles. The SMILES string of the molecule is Cc1ccc(NC(=O)COc2cccc(C=C3SC(=S)N(n4c(C)ccc4C)C3=O)c2)cc1C.